The first-order valence-electron chi connectivity index (χ1n) is 5.71. The summed E-state index contributed by atoms with van der Waals surface area (Å²) in [6, 6.07) is 14.4. The third-order valence-electron chi connectivity index (χ3n) is 3.26. The first kappa shape index (κ1) is 10.9. The van der Waals surface area contributed by atoms with Gasteiger partial charge in [0.2, 0.25) is 0 Å². The van der Waals surface area contributed by atoms with E-state index in [0.717, 1.165) is 5.02 Å². The van der Waals surface area contributed by atoms with Crippen LogP contribution in [0, 0.1) is 6.92 Å². The van der Waals surface area contributed by atoms with E-state index >= 15 is 0 Å². The second-order valence-electron chi connectivity index (χ2n) is 4.39. The first-order chi connectivity index (χ1) is 8.25. The molecule has 2 aromatic rings. The SMILES string of the molecule is Cc1cc(Cl)ccc1B1OCc2ccccc21. The molecule has 0 N–H and O–H groups in total. The van der Waals surface area contributed by atoms with Gasteiger partial charge in [-0.15, -0.1) is 0 Å². The van der Waals surface area contributed by atoms with Gasteiger partial charge < -0.3 is 4.65 Å². The summed E-state index contributed by atoms with van der Waals surface area (Å²) in [6.07, 6.45) is 0. The van der Waals surface area contributed by atoms with Crippen molar-refractivity contribution in [1.82, 2.24) is 0 Å². The predicted octanol–water partition coefficient (Wildman–Crippen LogP) is 2.28. The Bertz CT molecular complexity index is 568. The summed E-state index contributed by atoms with van der Waals surface area (Å²) in [7, 11) is 0. The summed E-state index contributed by atoms with van der Waals surface area (Å²) in [6.45, 7) is 2.83. The van der Waals surface area contributed by atoms with Gasteiger partial charge in [-0.25, -0.2) is 0 Å². The maximum absolute atomic E-state index is 5.98. The Kier molecular flexibility index (Phi) is 2.69. The molecule has 0 aliphatic carbocycles. The van der Waals surface area contributed by atoms with Crippen molar-refractivity contribution >= 4 is 29.4 Å². The van der Waals surface area contributed by atoms with Crippen LogP contribution in [-0.2, 0) is 11.3 Å². The standard InChI is InChI=1S/C14H12BClO/c1-10-8-12(16)6-7-13(10)15-14-5-3-2-4-11(14)9-17-15/h2-8H,9H2,1H3. The van der Waals surface area contributed by atoms with Gasteiger partial charge in [-0.05, 0) is 35.5 Å². The normalized spacial score (nSPS) is 13.9. The fourth-order valence-corrected chi connectivity index (χ4v) is 2.60. The average molecular weight is 243 g/mol. The van der Waals surface area contributed by atoms with E-state index in [4.69, 9.17) is 16.3 Å². The van der Waals surface area contributed by atoms with Crippen LogP contribution < -0.4 is 10.9 Å². The van der Waals surface area contributed by atoms with Gasteiger partial charge in [0.25, 0.3) is 0 Å². The Balaban J connectivity index is 2.07. The van der Waals surface area contributed by atoms with Gasteiger partial charge >= 0.3 is 6.92 Å². The third kappa shape index (κ3) is 1.88. The van der Waals surface area contributed by atoms with Crippen LogP contribution in [0.4, 0.5) is 0 Å². The van der Waals surface area contributed by atoms with Crippen molar-refractivity contribution in [2.24, 2.45) is 0 Å². The smallest absolute Gasteiger partial charge is 0.362 e. The molecular formula is C14H12BClO. The summed E-state index contributed by atoms with van der Waals surface area (Å²) >= 11 is 5.98. The van der Waals surface area contributed by atoms with E-state index in [-0.39, 0.29) is 6.92 Å². The zero-order valence-electron chi connectivity index (χ0n) is 9.61. The minimum atomic E-state index is 0.0588. The molecule has 84 valence electrons. The van der Waals surface area contributed by atoms with Crippen LogP contribution in [0.3, 0.4) is 0 Å². The van der Waals surface area contributed by atoms with E-state index in [9.17, 15) is 0 Å². The van der Waals surface area contributed by atoms with Crippen molar-refractivity contribution in [1.29, 1.82) is 0 Å². The Morgan fingerprint density at radius 1 is 1.12 bits per heavy atom. The van der Waals surface area contributed by atoms with Gasteiger partial charge in [-0.1, -0.05) is 47.5 Å². The highest BCUT2D eigenvalue weighted by molar-refractivity contribution is 6.81. The Morgan fingerprint density at radius 3 is 2.76 bits per heavy atom. The molecule has 1 aliphatic heterocycles. The lowest BCUT2D eigenvalue weighted by atomic mass is 9.55. The van der Waals surface area contributed by atoms with Crippen LogP contribution in [0.2, 0.25) is 5.02 Å². The molecule has 0 fully saturated rings. The first-order valence-corrected chi connectivity index (χ1v) is 6.09. The Labute approximate surface area is 106 Å². The molecule has 0 bridgehead atoms. The summed E-state index contributed by atoms with van der Waals surface area (Å²) < 4.78 is 5.89. The molecule has 0 atom stereocenters. The molecule has 0 saturated carbocycles. The number of halogens is 1. The molecule has 0 unspecified atom stereocenters. The quantitative estimate of drug-likeness (QED) is 0.697. The molecule has 0 radical (unpaired) electrons. The number of fused-ring (bicyclic) bond motifs is 1. The van der Waals surface area contributed by atoms with Crippen molar-refractivity contribution in [3.8, 4) is 0 Å². The molecule has 0 amide bonds. The van der Waals surface area contributed by atoms with Gasteiger partial charge in [0.05, 0.1) is 6.61 Å². The number of hydrogen-bond acceptors (Lipinski definition) is 1. The second kappa shape index (κ2) is 4.21. The summed E-state index contributed by atoms with van der Waals surface area (Å²) in [5.74, 6) is 0. The van der Waals surface area contributed by atoms with E-state index in [0.29, 0.717) is 6.61 Å². The van der Waals surface area contributed by atoms with E-state index in [1.165, 1.54) is 22.1 Å². The van der Waals surface area contributed by atoms with Crippen LogP contribution in [0.5, 0.6) is 0 Å². The Hall–Kier alpha value is -1.25. The number of benzene rings is 2. The minimum Gasteiger partial charge on any atom is -0.423 e. The largest absolute Gasteiger partial charge is 0.423 e. The van der Waals surface area contributed by atoms with Crippen LogP contribution >= 0.6 is 11.6 Å². The molecule has 17 heavy (non-hydrogen) atoms. The van der Waals surface area contributed by atoms with Crippen molar-refractivity contribution in [2.75, 3.05) is 0 Å². The monoisotopic (exact) mass is 242 g/mol. The highest BCUT2D eigenvalue weighted by Crippen LogP contribution is 2.14. The fraction of sp³-hybridized carbons (Fsp3) is 0.143. The highest BCUT2D eigenvalue weighted by atomic mass is 35.5. The maximum Gasteiger partial charge on any atom is 0.362 e. The Morgan fingerprint density at radius 2 is 1.94 bits per heavy atom. The average Bonchev–Trinajstić information content (AvgIpc) is 2.73. The molecule has 0 spiro atoms. The van der Waals surface area contributed by atoms with Crippen molar-refractivity contribution < 1.29 is 4.65 Å². The van der Waals surface area contributed by atoms with Crippen molar-refractivity contribution in [2.45, 2.75) is 13.5 Å². The van der Waals surface area contributed by atoms with Crippen LogP contribution in [0.1, 0.15) is 11.1 Å². The van der Waals surface area contributed by atoms with Gasteiger partial charge in [0, 0.05) is 5.02 Å². The molecular weight excluding hydrogens is 230 g/mol. The highest BCUT2D eigenvalue weighted by Gasteiger charge is 2.30. The molecule has 1 heterocycles. The summed E-state index contributed by atoms with van der Waals surface area (Å²) in [5, 5.41) is 0.775. The molecule has 0 saturated heterocycles. The molecule has 0 aromatic heterocycles. The van der Waals surface area contributed by atoms with Crippen LogP contribution in [0.25, 0.3) is 0 Å². The van der Waals surface area contributed by atoms with Gasteiger partial charge in [0.1, 0.15) is 0 Å². The lowest BCUT2D eigenvalue weighted by Crippen LogP contribution is -2.42. The van der Waals surface area contributed by atoms with Crippen molar-refractivity contribution in [3.63, 3.8) is 0 Å². The second-order valence-corrected chi connectivity index (χ2v) is 4.83. The molecule has 1 aliphatic rings. The van der Waals surface area contributed by atoms with Gasteiger partial charge in [-0.2, -0.15) is 0 Å². The fourth-order valence-electron chi connectivity index (χ4n) is 2.37. The molecule has 3 rings (SSSR count). The zero-order chi connectivity index (χ0) is 11.8. The summed E-state index contributed by atoms with van der Waals surface area (Å²) in [4.78, 5) is 0. The van der Waals surface area contributed by atoms with E-state index < -0.39 is 0 Å². The minimum absolute atomic E-state index is 0.0588. The van der Waals surface area contributed by atoms with Crippen LogP contribution in [-0.4, -0.2) is 6.92 Å². The molecule has 1 nitrogen and oxygen atoms in total. The topological polar surface area (TPSA) is 9.23 Å². The van der Waals surface area contributed by atoms with E-state index in [2.05, 4.69) is 37.3 Å². The zero-order valence-corrected chi connectivity index (χ0v) is 10.4. The lowest BCUT2D eigenvalue weighted by molar-refractivity contribution is 0.337. The van der Waals surface area contributed by atoms with E-state index in [1.807, 2.05) is 12.1 Å². The number of hydrogen-bond donors (Lipinski definition) is 0. The van der Waals surface area contributed by atoms with Gasteiger partial charge in [-0.3, -0.25) is 0 Å². The lowest BCUT2D eigenvalue weighted by Gasteiger charge is -2.10. The number of rotatable bonds is 1. The maximum atomic E-state index is 5.98. The van der Waals surface area contributed by atoms with Crippen molar-refractivity contribution in [3.05, 3.63) is 58.6 Å². The summed E-state index contributed by atoms with van der Waals surface area (Å²) in [5.41, 5.74) is 4.95. The predicted molar refractivity (Wildman–Crippen MR) is 72.4 cm³/mol. The van der Waals surface area contributed by atoms with Crippen LogP contribution in [0.15, 0.2) is 42.5 Å². The van der Waals surface area contributed by atoms with Gasteiger partial charge in [0.15, 0.2) is 0 Å². The number of aryl methyl sites for hydroxylation is 1. The molecule has 3 heteroatoms. The molecule has 2 aromatic carbocycles. The van der Waals surface area contributed by atoms with E-state index in [1.54, 1.807) is 0 Å². The third-order valence-corrected chi connectivity index (χ3v) is 3.49.